The highest BCUT2D eigenvalue weighted by Gasteiger charge is 2.15. The van der Waals surface area contributed by atoms with Crippen LogP contribution in [0.25, 0.3) is 0 Å². The lowest BCUT2D eigenvalue weighted by molar-refractivity contribution is 0.0944. The molecule has 2 aromatic rings. The molecular weight excluding hydrogens is 245 g/mol. The summed E-state index contributed by atoms with van der Waals surface area (Å²) in [6, 6.07) is 11.4. The van der Waals surface area contributed by atoms with Crippen molar-refractivity contribution in [3.8, 4) is 5.75 Å². The van der Waals surface area contributed by atoms with Crippen molar-refractivity contribution in [2.24, 2.45) is 0 Å². The van der Waals surface area contributed by atoms with Crippen molar-refractivity contribution >= 4 is 5.91 Å². The zero-order valence-corrected chi connectivity index (χ0v) is 10.5. The van der Waals surface area contributed by atoms with Crippen LogP contribution in [0.1, 0.15) is 21.5 Å². The van der Waals surface area contributed by atoms with E-state index in [1.54, 1.807) is 0 Å². The topological polar surface area (TPSA) is 49.3 Å². The van der Waals surface area contributed by atoms with E-state index in [-0.39, 0.29) is 17.9 Å². The molecule has 0 aliphatic carbocycles. The lowest BCUT2D eigenvalue weighted by Crippen LogP contribution is -2.24. The first-order chi connectivity index (χ1) is 9.08. The van der Waals surface area contributed by atoms with E-state index in [2.05, 4.69) is 5.32 Å². The van der Waals surface area contributed by atoms with E-state index < -0.39 is 11.7 Å². The number of amides is 1. The van der Waals surface area contributed by atoms with Gasteiger partial charge >= 0.3 is 0 Å². The number of halogens is 1. The highest BCUT2D eigenvalue weighted by Crippen LogP contribution is 2.19. The molecule has 0 fully saturated rings. The molecule has 4 heteroatoms. The summed E-state index contributed by atoms with van der Waals surface area (Å²) in [4.78, 5) is 11.8. The number of benzene rings is 2. The van der Waals surface area contributed by atoms with Gasteiger partial charge in [0.25, 0.3) is 5.91 Å². The number of carbonyl (C=O) groups is 1. The van der Waals surface area contributed by atoms with Crippen molar-refractivity contribution in [2.45, 2.75) is 13.5 Å². The third kappa shape index (κ3) is 3.10. The van der Waals surface area contributed by atoms with E-state index in [1.807, 2.05) is 31.2 Å². The van der Waals surface area contributed by atoms with Gasteiger partial charge in [0.1, 0.15) is 17.1 Å². The van der Waals surface area contributed by atoms with E-state index in [9.17, 15) is 14.3 Å². The number of rotatable bonds is 3. The third-order valence-electron chi connectivity index (χ3n) is 2.75. The Morgan fingerprint density at radius 3 is 2.68 bits per heavy atom. The van der Waals surface area contributed by atoms with Gasteiger partial charge in [-0.25, -0.2) is 4.39 Å². The number of hydrogen-bond acceptors (Lipinski definition) is 2. The summed E-state index contributed by atoms with van der Waals surface area (Å²) in [5.41, 5.74) is 1.68. The lowest BCUT2D eigenvalue weighted by atomic mass is 10.1. The Hall–Kier alpha value is -2.36. The van der Waals surface area contributed by atoms with Gasteiger partial charge in [-0.2, -0.15) is 0 Å². The minimum atomic E-state index is -0.734. The molecule has 0 aliphatic heterocycles. The number of phenolic OH excluding ortho intramolecular Hbond substituents is 1. The van der Waals surface area contributed by atoms with Crippen LogP contribution in [-0.4, -0.2) is 11.0 Å². The molecule has 98 valence electrons. The van der Waals surface area contributed by atoms with Gasteiger partial charge in [-0.1, -0.05) is 35.9 Å². The van der Waals surface area contributed by atoms with Gasteiger partial charge in [0.15, 0.2) is 0 Å². The summed E-state index contributed by atoms with van der Waals surface area (Å²) in [6.45, 7) is 2.24. The van der Waals surface area contributed by atoms with E-state index in [1.165, 1.54) is 12.1 Å². The Kier molecular flexibility index (Phi) is 3.80. The van der Waals surface area contributed by atoms with E-state index in [0.717, 1.165) is 17.2 Å². The fraction of sp³-hybridized carbons (Fsp3) is 0.133. The minimum Gasteiger partial charge on any atom is -0.507 e. The van der Waals surface area contributed by atoms with Gasteiger partial charge in [0.05, 0.1) is 0 Å². The van der Waals surface area contributed by atoms with Gasteiger partial charge in [0.2, 0.25) is 0 Å². The molecule has 0 spiro atoms. The lowest BCUT2D eigenvalue weighted by Gasteiger charge is -2.08. The Balaban J connectivity index is 2.10. The van der Waals surface area contributed by atoms with E-state index in [0.29, 0.717) is 0 Å². The summed E-state index contributed by atoms with van der Waals surface area (Å²) in [6.07, 6.45) is 0. The largest absolute Gasteiger partial charge is 0.507 e. The highest BCUT2D eigenvalue weighted by atomic mass is 19.1. The average Bonchev–Trinajstić information content (AvgIpc) is 2.36. The first kappa shape index (κ1) is 13.1. The van der Waals surface area contributed by atoms with Crippen molar-refractivity contribution in [3.05, 3.63) is 65.0 Å². The van der Waals surface area contributed by atoms with Crippen LogP contribution in [0.3, 0.4) is 0 Å². The maximum Gasteiger partial charge on any atom is 0.258 e. The zero-order valence-electron chi connectivity index (χ0n) is 10.5. The van der Waals surface area contributed by atoms with Gasteiger partial charge in [-0.3, -0.25) is 4.79 Å². The molecule has 0 saturated carbocycles. The van der Waals surface area contributed by atoms with Crippen LogP contribution in [-0.2, 0) is 6.54 Å². The number of aryl methyl sites for hydroxylation is 1. The maximum atomic E-state index is 13.5. The summed E-state index contributed by atoms with van der Waals surface area (Å²) >= 11 is 0. The van der Waals surface area contributed by atoms with E-state index >= 15 is 0 Å². The monoisotopic (exact) mass is 259 g/mol. The first-order valence-corrected chi connectivity index (χ1v) is 5.89. The van der Waals surface area contributed by atoms with Gasteiger partial charge in [-0.15, -0.1) is 0 Å². The van der Waals surface area contributed by atoms with Crippen LogP contribution in [0.2, 0.25) is 0 Å². The fourth-order valence-corrected chi connectivity index (χ4v) is 1.83. The highest BCUT2D eigenvalue weighted by molar-refractivity contribution is 5.97. The predicted molar refractivity (Wildman–Crippen MR) is 70.4 cm³/mol. The molecule has 2 aromatic carbocycles. The molecule has 0 heterocycles. The summed E-state index contributed by atoms with van der Waals surface area (Å²) in [7, 11) is 0. The van der Waals surface area contributed by atoms with Gasteiger partial charge in [0, 0.05) is 6.54 Å². The van der Waals surface area contributed by atoms with Crippen LogP contribution in [0.4, 0.5) is 4.39 Å². The SMILES string of the molecule is Cc1cccc(CNC(=O)c2c(O)cccc2F)c1. The van der Waals surface area contributed by atoms with Gasteiger partial charge in [-0.05, 0) is 24.6 Å². The molecule has 0 saturated heterocycles. The van der Waals surface area contributed by atoms with Crippen molar-refractivity contribution < 1.29 is 14.3 Å². The number of carbonyl (C=O) groups excluding carboxylic acids is 1. The van der Waals surface area contributed by atoms with Crippen molar-refractivity contribution in [1.29, 1.82) is 0 Å². The number of hydrogen-bond donors (Lipinski definition) is 2. The molecular formula is C15H14FNO2. The Morgan fingerprint density at radius 1 is 1.26 bits per heavy atom. The number of aromatic hydroxyl groups is 1. The molecule has 1 amide bonds. The average molecular weight is 259 g/mol. The molecule has 0 bridgehead atoms. The van der Waals surface area contributed by atoms with Crippen LogP contribution in [0.5, 0.6) is 5.75 Å². The van der Waals surface area contributed by atoms with Crippen LogP contribution in [0, 0.1) is 12.7 Å². The molecule has 0 aromatic heterocycles. The molecule has 0 unspecified atom stereocenters. The van der Waals surface area contributed by atoms with Crippen molar-refractivity contribution in [2.75, 3.05) is 0 Å². The number of nitrogens with one attached hydrogen (secondary N) is 1. The quantitative estimate of drug-likeness (QED) is 0.890. The van der Waals surface area contributed by atoms with Crippen LogP contribution >= 0.6 is 0 Å². The third-order valence-corrected chi connectivity index (χ3v) is 2.75. The molecule has 3 nitrogen and oxygen atoms in total. The summed E-state index contributed by atoms with van der Waals surface area (Å²) in [5, 5.41) is 12.1. The Labute approximate surface area is 110 Å². The normalized spacial score (nSPS) is 10.2. The molecule has 0 radical (unpaired) electrons. The van der Waals surface area contributed by atoms with Crippen LogP contribution in [0.15, 0.2) is 42.5 Å². The molecule has 19 heavy (non-hydrogen) atoms. The molecule has 2 N–H and O–H groups in total. The minimum absolute atomic E-state index is 0.286. The van der Waals surface area contributed by atoms with Crippen molar-refractivity contribution in [1.82, 2.24) is 5.32 Å². The molecule has 0 aliphatic rings. The maximum absolute atomic E-state index is 13.5. The smallest absolute Gasteiger partial charge is 0.258 e. The second-order valence-electron chi connectivity index (χ2n) is 4.31. The molecule has 2 rings (SSSR count). The summed E-state index contributed by atoms with van der Waals surface area (Å²) in [5.74, 6) is -1.72. The molecule has 0 atom stereocenters. The summed E-state index contributed by atoms with van der Waals surface area (Å²) < 4.78 is 13.5. The first-order valence-electron chi connectivity index (χ1n) is 5.89. The van der Waals surface area contributed by atoms with Crippen LogP contribution < -0.4 is 5.32 Å². The van der Waals surface area contributed by atoms with E-state index in [4.69, 9.17) is 0 Å². The Bertz CT molecular complexity index is 591. The second kappa shape index (κ2) is 5.52. The van der Waals surface area contributed by atoms with Crippen molar-refractivity contribution in [3.63, 3.8) is 0 Å². The van der Waals surface area contributed by atoms with Gasteiger partial charge < -0.3 is 10.4 Å². The predicted octanol–water partition coefficient (Wildman–Crippen LogP) is 2.77. The Morgan fingerprint density at radius 2 is 2.00 bits per heavy atom. The fourth-order valence-electron chi connectivity index (χ4n) is 1.83. The number of phenols is 1. The standard InChI is InChI=1S/C15H14FNO2/c1-10-4-2-5-11(8-10)9-17-15(19)14-12(16)6-3-7-13(14)18/h2-8,18H,9H2,1H3,(H,17,19). The second-order valence-corrected chi connectivity index (χ2v) is 4.31. The zero-order chi connectivity index (χ0) is 13.8.